The molecule has 0 aliphatic rings. The first-order valence-electron chi connectivity index (χ1n) is 6.34. The van der Waals surface area contributed by atoms with Gasteiger partial charge in [0.05, 0.1) is 0 Å². The topological polar surface area (TPSA) is 29.1 Å². The number of carbonyl (C=O) groups is 1. The lowest BCUT2D eigenvalue weighted by Gasteiger charge is -2.08. The standard InChI is InChI=1S/C13H27NO.H2/c1-5-12(4)13(15)9-7-6-8-10-14-11(2)3;/h11-12,14H,5-10H2,1-4H3;1H. The van der Waals surface area contributed by atoms with Crippen LogP contribution in [0.3, 0.4) is 0 Å². The van der Waals surface area contributed by atoms with Crippen LogP contribution >= 0.6 is 0 Å². The number of ketones is 1. The van der Waals surface area contributed by atoms with Crippen LogP contribution in [0, 0.1) is 5.92 Å². The third-order valence-electron chi connectivity index (χ3n) is 2.81. The summed E-state index contributed by atoms with van der Waals surface area (Å²) in [5, 5.41) is 3.38. The zero-order chi connectivity index (χ0) is 11.7. The van der Waals surface area contributed by atoms with Gasteiger partial charge in [0.1, 0.15) is 5.78 Å². The fourth-order valence-corrected chi connectivity index (χ4v) is 1.47. The largest absolute Gasteiger partial charge is 0.315 e. The van der Waals surface area contributed by atoms with Crippen molar-refractivity contribution in [1.82, 2.24) is 5.32 Å². The second-order valence-electron chi connectivity index (χ2n) is 4.70. The van der Waals surface area contributed by atoms with Crippen molar-refractivity contribution in [3.8, 4) is 0 Å². The normalized spacial score (nSPS) is 13.1. The number of Topliss-reactive ketones (excluding diaryl/α,β-unsaturated/α-hetero) is 1. The maximum absolute atomic E-state index is 11.5. The molecule has 0 rings (SSSR count). The molecule has 1 unspecified atom stereocenters. The number of unbranched alkanes of at least 4 members (excludes halogenated alkanes) is 2. The Morgan fingerprint density at radius 1 is 1.20 bits per heavy atom. The van der Waals surface area contributed by atoms with Crippen LogP contribution in [0.5, 0.6) is 0 Å². The van der Waals surface area contributed by atoms with Gasteiger partial charge >= 0.3 is 0 Å². The second kappa shape index (κ2) is 8.90. The van der Waals surface area contributed by atoms with Gasteiger partial charge in [0.2, 0.25) is 0 Å². The summed E-state index contributed by atoms with van der Waals surface area (Å²) in [5.74, 6) is 0.702. The lowest BCUT2D eigenvalue weighted by Crippen LogP contribution is -2.23. The Kier molecular flexibility index (Phi) is 8.68. The van der Waals surface area contributed by atoms with Crippen molar-refractivity contribution < 1.29 is 6.22 Å². The number of hydrogen-bond donors (Lipinski definition) is 1. The Hall–Kier alpha value is -0.370. The molecule has 0 spiro atoms. The predicted molar refractivity (Wildman–Crippen MR) is 68.2 cm³/mol. The van der Waals surface area contributed by atoms with Crippen LogP contribution in [0.25, 0.3) is 0 Å². The van der Waals surface area contributed by atoms with Crippen molar-refractivity contribution in [1.29, 1.82) is 0 Å². The highest BCUT2D eigenvalue weighted by molar-refractivity contribution is 5.80. The quantitative estimate of drug-likeness (QED) is 0.597. The monoisotopic (exact) mass is 215 g/mol. The van der Waals surface area contributed by atoms with E-state index in [1.54, 1.807) is 0 Å². The third kappa shape index (κ3) is 8.61. The third-order valence-corrected chi connectivity index (χ3v) is 2.81. The van der Waals surface area contributed by atoms with Gasteiger partial charge in [-0.1, -0.05) is 34.1 Å². The smallest absolute Gasteiger partial charge is 0.135 e. The minimum atomic E-state index is 0. The zero-order valence-electron chi connectivity index (χ0n) is 10.8. The lowest BCUT2D eigenvalue weighted by molar-refractivity contribution is -0.122. The SMILES string of the molecule is CCC(C)C(=O)CCCCCNC(C)C.[HH]. The Morgan fingerprint density at radius 2 is 1.87 bits per heavy atom. The van der Waals surface area contributed by atoms with Gasteiger partial charge in [-0.25, -0.2) is 0 Å². The van der Waals surface area contributed by atoms with E-state index in [9.17, 15) is 4.79 Å². The fraction of sp³-hybridized carbons (Fsp3) is 0.923. The van der Waals surface area contributed by atoms with E-state index in [1.165, 1.54) is 12.8 Å². The molecular formula is C13H29NO. The molecular weight excluding hydrogens is 186 g/mol. The van der Waals surface area contributed by atoms with Gasteiger partial charge in [-0.05, 0) is 25.8 Å². The summed E-state index contributed by atoms with van der Waals surface area (Å²) in [5.41, 5.74) is 0. The minimum absolute atomic E-state index is 0. The molecule has 1 N–H and O–H groups in total. The van der Waals surface area contributed by atoms with E-state index in [0.717, 1.165) is 25.8 Å². The molecule has 0 fully saturated rings. The molecule has 0 radical (unpaired) electrons. The molecule has 0 bridgehead atoms. The summed E-state index contributed by atoms with van der Waals surface area (Å²) in [4.78, 5) is 11.5. The minimum Gasteiger partial charge on any atom is -0.315 e. The van der Waals surface area contributed by atoms with E-state index in [2.05, 4.69) is 26.1 Å². The molecule has 2 heteroatoms. The van der Waals surface area contributed by atoms with Crippen LogP contribution in [0.4, 0.5) is 0 Å². The molecule has 0 aromatic carbocycles. The summed E-state index contributed by atoms with van der Waals surface area (Å²) >= 11 is 0. The molecule has 0 heterocycles. The zero-order valence-corrected chi connectivity index (χ0v) is 10.8. The molecule has 1 atom stereocenters. The second-order valence-corrected chi connectivity index (χ2v) is 4.70. The molecule has 0 saturated heterocycles. The van der Waals surface area contributed by atoms with E-state index in [0.29, 0.717) is 11.8 Å². The van der Waals surface area contributed by atoms with Gasteiger partial charge in [-0.15, -0.1) is 0 Å². The highest BCUT2D eigenvalue weighted by Gasteiger charge is 2.09. The van der Waals surface area contributed by atoms with Crippen molar-refractivity contribution in [2.24, 2.45) is 5.92 Å². The van der Waals surface area contributed by atoms with E-state index >= 15 is 0 Å². The predicted octanol–water partition coefficient (Wildman–Crippen LogP) is 3.41. The van der Waals surface area contributed by atoms with Crippen LogP contribution in [0.2, 0.25) is 0 Å². The molecule has 2 nitrogen and oxygen atoms in total. The highest BCUT2D eigenvalue weighted by Crippen LogP contribution is 2.09. The first-order valence-corrected chi connectivity index (χ1v) is 6.34. The molecule has 15 heavy (non-hydrogen) atoms. The number of hydrogen-bond acceptors (Lipinski definition) is 2. The molecule has 0 aromatic heterocycles. The summed E-state index contributed by atoms with van der Waals surface area (Å²) in [7, 11) is 0. The van der Waals surface area contributed by atoms with E-state index < -0.39 is 0 Å². The average molecular weight is 215 g/mol. The van der Waals surface area contributed by atoms with Crippen LogP contribution in [-0.4, -0.2) is 18.4 Å². The van der Waals surface area contributed by atoms with E-state index in [-0.39, 0.29) is 7.34 Å². The van der Waals surface area contributed by atoms with E-state index in [1.807, 2.05) is 6.92 Å². The van der Waals surface area contributed by atoms with Crippen molar-refractivity contribution in [2.45, 2.75) is 65.8 Å². The van der Waals surface area contributed by atoms with Gasteiger partial charge in [-0.2, -0.15) is 0 Å². The first-order chi connectivity index (χ1) is 7.07. The molecule has 0 saturated carbocycles. The maximum Gasteiger partial charge on any atom is 0.135 e. The van der Waals surface area contributed by atoms with Gasteiger partial charge in [-0.3, -0.25) is 4.79 Å². The average Bonchev–Trinajstić information content (AvgIpc) is 2.21. The van der Waals surface area contributed by atoms with Gasteiger partial charge in [0.15, 0.2) is 0 Å². The van der Waals surface area contributed by atoms with E-state index in [4.69, 9.17) is 0 Å². The number of nitrogens with one attached hydrogen (secondary N) is 1. The van der Waals surface area contributed by atoms with Crippen LogP contribution in [0.1, 0.15) is 61.2 Å². The van der Waals surface area contributed by atoms with Gasteiger partial charge in [0, 0.05) is 19.8 Å². The fourth-order valence-electron chi connectivity index (χ4n) is 1.47. The van der Waals surface area contributed by atoms with Crippen molar-refractivity contribution in [3.05, 3.63) is 0 Å². The van der Waals surface area contributed by atoms with Crippen LogP contribution in [0.15, 0.2) is 0 Å². The van der Waals surface area contributed by atoms with Crippen LogP contribution in [-0.2, 0) is 4.79 Å². The summed E-state index contributed by atoms with van der Waals surface area (Å²) in [6.07, 6.45) is 5.17. The summed E-state index contributed by atoms with van der Waals surface area (Å²) in [6, 6.07) is 0.576. The highest BCUT2D eigenvalue weighted by atomic mass is 16.1. The van der Waals surface area contributed by atoms with Crippen LogP contribution < -0.4 is 5.32 Å². The molecule has 92 valence electrons. The molecule has 0 aromatic rings. The number of carbonyl (C=O) groups excluding carboxylic acids is 1. The number of rotatable bonds is 9. The Labute approximate surface area is 96.3 Å². The summed E-state index contributed by atoms with van der Waals surface area (Å²) < 4.78 is 0. The van der Waals surface area contributed by atoms with Crippen molar-refractivity contribution in [3.63, 3.8) is 0 Å². The Balaban J connectivity index is 0. The Bertz CT molecular complexity index is 171. The molecule has 0 amide bonds. The van der Waals surface area contributed by atoms with Crippen molar-refractivity contribution >= 4 is 5.78 Å². The maximum atomic E-state index is 11.5. The molecule has 0 aliphatic carbocycles. The Morgan fingerprint density at radius 3 is 2.40 bits per heavy atom. The van der Waals surface area contributed by atoms with Crippen molar-refractivity contribution in [2.75, 3.05) is 6.54 Å². The lowest BCUT2D eigenvalue weighted by atomic mass is 9.99. The summed E-state index contributed by atoms with van der Waals surface area (Å²) in [6.45, 7) is 9.51. The van der Waals surface area contributed by atoms with Gasteiger partial charge in [0.25, 0.3) is 0 Å². The van der Waals surface area contributed by atoms with Gasteiger partial charge < -0.3 is 5.32 Å². The first kappa shape index (κ1) is 14.6. The molecule has 0 aliphatic heterocycles.